The van der Waals surface area contributed by atoms with Crippen LogP contribution in [0.2, 0.25) is 0 Å². The van der Waals surface area contributed by atoms with Crippen LogP contribution in [0.1, 0.15) is 34.0 Å². The van der Waals surface area contributed by atoms with Crippen LogP contribution in [0.15, 0.2) is 66.3 Å². The molecular weight excluding hydrogens is 328 g/mol. The summed E-state index contributed by atoms with van der Waals surface area (Å²) in [6.07, 6.45) is 5.91. The number of amides is 1. The van der Waals surface area contributed by atoms with Crippen LogP contribution in [0.4, 0.5) is 0 Å². The molecule has 0 spiro atoms. The van der Waals surface area contributed by atoms with Gasteiger partial charge in [-0.15, -0.1) is 11.3 Å². The molecule has 3 aromatic rings. The number of carbonyl (C=O) groups excluding carboxylic acids is 1. The van der Waals surface area contributed by atoms with Gasteiger partial charge in [-0.2, -0.15) is 0 Å². The van der Waals surface area contributed by atoms with Crippen LogP contribution in [0.3, 0.4) is 0 Å². The Bertz CT molecular complexity index is 845. The molecule has 0 radical (unpaired) electrons. The Kier molecular flexibility index (Phi) is 4.61. The second kappa shape index (κ2) is 7.19. The predicted molar refractivity (Wildman–Crippen MR) is 101 cm³/mol. The van der Waals surface area contributed by atoms with Gasteiger partial charge in [-0.05, 0) is 53.1 Å². The molecule has 0 saturated heterocycles. The maximum Gasteiger partial charge on any atom is 0.223 e. The molecule has 1 unspecified atom stereocenters. The number of nitrogens with zero attached hydrogens (tertiary/aromatic N) is 2. The monoisotopic (exact) mass is 348 g/mol. The lowest BCUT2D eigenvalue weighted by molar-refractivity contribution is -0.133. The zero-order chi connectivity index (χ0) is 17.1. The molecule has 25 heavy (non-hydrogen) atoms. The van der Waals surface area contributed by atoms with Gasteiger partial charge in [0, 0.05) is 30.2 Å². The van der Waals surface area contributed by atoms with Gasteiger partial charge in [0.25, 0.3) is 0 Å². The summed E-state index contributed by atoms with van der Waals surface area (Å²) in [5.41, 5.74) is 3.71. The Balaban J connectivity index is 1.63. The van der Waals surface area contributed by atoms with Crippen LogP contribution < -0.4 is 0 Å². The molecule has 1 aliphatic heterocycles. The highest BCUT2D eigenvalue weighted by Gasteiger charge is 2.31. The minimum Gasteiger partial charge on any atom is -0.331 e. The quantitative estimate of drug-likeness (QED) is 0.706. The lowest BCUT2D eigenvalue weighted by Crippen LogP contribution is -2.40. The van der Waals surface area contributed by atoms with Crippen molar-refractivity contribution >= 4 is 17.2 Å². The topological polar surface area (TPSA) is 33.2 Å². The number of aromatic nitrogens is 1. The smallest absolute Gasteiger partial charge is 0.223 e. The van der Waals surface area contributed by atoms with Gasteiger partial charge >= 0.3 is 0 Å². The van der Waals surface area contributed by atoms with Crippen LogP contribution in [0, 0.1) is 0 Å². The standard InChI is InChI=1S/C21H20N2OS/c24-20(8-7-18-5-3-15-25-18)23-14-11-16-4-1-2-6-19(16)21(23)17-9-12-22-13-10-17/h1-6,9-10,12-13,15,21H,7-8,11,14H2. The SMILES string of the molecule is O=C(CCc1cccs1)N1CCc2ccccc2C1c1ccncc1. The molecule has 1 amide bonds. The maximum absolute atomic E-state index is 13.0. The lowest BCUT2D eigenvalue weighted by atomic mass is 9.88. The van der Waals surface area contributed by atoms with Crippen molar-refractivity contribution in [2.75, 3.05) is 6.54 Å². The fourth-order valence-electron chi connectivity index (χ4n) is 3.57. The Hall–Kier alpha value is -2.46. The highest BCUT2D eigenvalue weighted by molar-refractivity contribution is 7.09. The van der Waals surface area contributed by atoms with Crippen LogP contribution in [0.5, 0.6) is 0 Å². The van der Waals surface area contributed by atoms with Crippen LogP contribution >= 0.6 is 11.3 Å². The number of fused-ring (bicyclic) bond motifs is 1. The number of hydrogen-bond donors (Lipinski definition) is 0. The summed E-state index contributed by atoms with van der Waals surface area (Å²) in [5, 5.41) is 2.07. The molecule has 126 valence electrons. The van der Waals surface area contributed by atoms with Gasteiger partial charge in [0.2, 0.25) is 5.91 Å². The molecule has 1 aliphatic rings. The Morgan fingerprint density at radius 2 is 1.96 bits per heavy atom. The number of hydrogen-bond acceptors (Lipinski definition) is 3. The third kappa shape index (κ3) is 3.35. The van der Waals surface area contributed by atoms with Crippen molar-refractivity contribution in [2.24, 2.45) is 0 Å². The first-order valence-corrected chi connectivity index (χ1v) is 9.50. The van der Waals surface area contributed by atoms with Gasteiger partial charge in [0.15, 0.2) is 0 Å². The molecule has 0 aliphatic carbocycles. The van der Waals surface area contributed by atoms with Crippen molar-refractivity contribution in [3.63, 3.8) is 0 Å². The van der Waals surface area contributed by atoms with E-state index in [0.717, 1.165) is 24.9 Å². The van der Waals surface area contributed by atoms with Crippen molar-refractivity contribution in [1.29, 1.82) is 0 Å². The largest absolute Gasteiger partial charge is 0.331 e. The molecule has 4 rings (SSSR count). The van der Waals surface area contributed by atoms with E-state index in [2.05, 4.69) is 40.7 Å². The first-order chi connectivity index (χ1) is 12.3. The van der Waals surface area contributed by atoms with Crippen LogP contribution in [-0.4, -0.2) is 22.3 Å². The van der Waals surface area contributed by atoms with Gasteiger partial charge in [0.05, 0.1) is 6.04 Å². The second-order valence-electron chi connectivity index (χ2n) is 6.30. The minimum atomic E-state index is -0.0104. The molecule has 0 bridgehead atoms. The van der Waals surface area contributed by atoms with E-state index in [1.54, 1.807) is 23.7 Å². The first kappa shape index (κ1) is 16.0. The summed E-state index contributed by atoms with van der Waals surface area (Å²) in [4.78, 5) is 20.5. The summed E-state index contributed by atoms with van der Waals surface area (Å²) in [5.74, 6) is 0.227. The Morgan fingerprint density at radius 3 is 2.76 bits per heavy atom. The molecule has 0 fully saturated rings. The molecule has 0 saturated carbocycles. The van der Waals surface area contributed by atoms with Crippen LogP contribution in [0.25, 0.3) is 0 Å². The van der Waals surface area contributed by atoms with Gasteiger partial charge in [-0.25, -0.2) is 0 Å². The molecule has 1 aromatic carbocycles. The van der Waals surface area contributed by atoms with Crippen molar-refractivity contribution in [2.45, 2.75) is 25.3 Å². The van der Waals surface area contributed by atoms with Crippen molar-refractivity contribution in [3.8, 4) is 0 Å². The summed E-state index contributed by atoms with van der Waals surface area (Å²) in [7, 11) is 0. The highest BCUT2D eigenvalue weighted by Crippen LogP contribution is 2.35. The van der Waals surface area contributed by atoms with Gasteiger partial charge in [-0.1, -0.05) is 30.3 Å². The predicted octanol–water partition coefficient (Wildman–Crippen LogP) is 4.25. The van der Waals surface area contributed by atoms with E-state index in [4.69, 9.17) is 0 Å². The molecule has 4 heteroatoms. The third-order valence-corrected chi connectivity index (χ3v) is 5.73. The Morgan fingerprint density at radius 1 is 1.12 bits per heavy atom. The fraction of sp³-hybridized carbons (Fsp3) is 0.238. The summed E-state index contributed by atoms with van der Waals surface area (Å²) in [6.45, 7) is 0.771. The van der Waals surface area contributed by atoms with E-state index >= 15 is 0 Å². The van der Waals surface area contributed by atoms with Gasteiger partial charge in [0.1, 0.15) is 0 Å². The lowest BCUT2D eigenvalue weighted by Gasteiger charge is -2.38. The van der Waals surface area contributed by atoms with Crippen molar-refractivity contribution in [3.05, 3.63) is 87.9 Å². The number of carbonyl (C=O) groups is 1. The van der Waals surface area contributed by atoms with E-state index < -0.39 is 0 Å². The third-order valence-electron chi connectivity index (χ3n) is 4.79. The molecule has 3 nitrogen and oxygen atoms in total. The van der Waals surface area contributed by atoms with Crippen molar-refractivity contribution in [1.82, 2.24) is 9.88 Å². The number of aryl methyl sites for hydroxylation is 1. The number of benzene rings is 1. The summed E-state index contributed by atoms with van der Waals surface area (Å²) in [6, 6.07) is 16.6. The summed E-state index contributed by atoms with van der Waals surface area (Å²) >= 11 is 1.72. The number of thiophene rings is 1. The van der Waals surface area contributed by atoms with E-state index in [-0.39, 0.29) is 11.9 Å². The Labute approximate surface area is 152 Å². The molecule has 0 N–H and O–H groups in total. The van der Waals surface area contributed by atoms with Gasteiger partial charge in [-0.3, -0.25) is 9.78 Å². The van der Waals surface area contributed by atoms with Crippen molar-refractivity contribution < 1.29 is 4.79 Å². The molecule has 3 heterocycles. The number of rotatable bonds is 4. The normalized spacial score (nSPS) is 16.5. The van der Waals surface area contributed by atoms with Crippen LogP contribution in [-0.2, 0) is 17.6 Å². The molecule has 1 atom stereocenters. The molecular formula is C21H20N2OS. The zero-order valence-electron chi connectivity index (χ0n) is 14.0. The highest BCUT2D eigenvalue weighted by atomic mass is 32.1. The average molecular weight is 348 g/mol. The van der Waals surface area contributed by atoms with E-state index in [1.807, 2.05) is 23.1 Å². The minimum absolute atomic E-state index is 0.0104. The van der Waals surface area contributed by atoms with E-state index in [0.29, 0.717) is 6.42 Å². The maximum atomic E-state index is 13.0. The average Bonchev–Trinajstić information content (AvgIpc) is 3.19. The van der Waals surface area contributed by atoms with Gasteiger partial charge < -0.3 is 4.90 Å². The first-order valence-electron chi connectivity index (χ1n) is 8.62. The second-order valence-corrected chi connectivity index (χ2v) is 7.33. The zero-order valence-corrected chi connectivity index (χ0v) is 14.8. The number of pyridine rings is 1. The fourth-order valence-corrected chi connectivity index (χ4v) is 4.28. The van der Waals surface area contributed by atoms with E-state index in [1.165, 1.54) is 16.0 Å². The van der Waals surface area contributed by atoms with E-state index in [9.17, 15) is 4.79 Å². The summed E-state index contributed by atoms with van der Waals surface area (Å²) < 4.78 is 0. The molecule has 2 aromatic heterocycles.